The van der Waals surface area contributed by atoms with Crippen molar-refractivity contribution in [3.63, 3.8) is 0 Å². The van der Waals surface area contributed by atoms with Gasteiger partial charge in [-0.2, -0.15) is 0 Å². The van der Waals surface area contributed by atoms with Gasteiger partial charge in [-0.3, -0.25) is 9.59 Å². The maximum absolute atomic E-state index is 12.3. The van der Waals surface area contributed by atoms with Crippen LogP contribution in [-0.4, -0.2) is 36.4 Å². The predicted molar refractivity (Wildman–Crippen MR) is 198 cm³/mol. The molecule has 2 aromatic rings. The minimum Gasteiger partial charge on any atom is -0.466 e. The van der Waals surface area contributed by atoms with E-state index in [9.17, 15) is 14.7 Å². The van der Waals surface area contributed by atoms with Crippen LogP contribution in [0.25, 0.3) is 0 Å². The monoisotopic (exact) mass is 687 g/mol. The first kappa shape index (κ1) is 42.6. The average Bonchev–Trinajstić information content (AvgIpc) is 3.58. The third kappa shape index (κ3) is 18.3. The van der Waals surface area contributed by atoms with Gasteiger partial charge in [0.1, 0.15) is 29.6 Å². The minimum atomic E-state index is -0.803. The molecule has 0 fully saturated rings. The average molecular weight is 687 g/mol. The molecular formula is C42H70O7. The fourth-order valence-electron chi connectivity index (χ4n) is 6.39. The van der Waals surface area contributed by atoms with E-state index >= 15 is 0 Å². The second-order valence-electron chi connectivity index (χ2n) is 14.2. The number of esters is 2. The lowest BCUT2D eigenvalue weighted by atomic mass is 10.0. The van der Waals surface area contributed by atoms with Gasteiger partial charge < -0.3 is 23.4 Å². The molecule has 0 saturated carbocycles. The van der Waals surface area contributed by atoms with Gasteiger partial charge in [-0.25, -0.2) is 0 Å². The quantitative estimate of drug-likeness (QED) is 0.0645. The van der Waals surface area contributed by atoms with Crippen LogP contribution in [0.4, 0.5) is 0 Å². The molecule has 1 N–H and O–H groups in total. The van der Waals surface area contributed by atoms with Crippen molar-refractivity contribution in [2.75, 3.05) is 13.2 Å². The van der Waals surface area contributed by atoms with Crippen molar-refractivity contribution < 1.29 is 33.0 Å². The number of hydrogen-bond donors (Lipinski definition) is 1. The lowest BCUT2D eigenvalue weighted by Gasteiger charge is -2.15. The largest absolute Gasteiger partial charge is 0.466 e. The molecule has 0 spiro atoms. The van der Waals surface area contributed by atoms with Gasteiger partial charge in [0.05, 0.1) is 6.61 Å². The summed E-state index contributed by atoms with van der Waals surface area (Å²) in [5.41, 5.74) is 3.93. The van der Waals surface area contributed by atoms with Crippen LogP contribution in [0.1, 0.15) is 182 Å². The lowest BCUT2D eigenvalue weighted by molar-refractivity contribution is -0.161. The van der Waals surface area contributed by atoms with Gasteiger partial charge in [-0.15, -0.1) is 0 Å². The number of aliphatic hydroxyl groups is 1. The van der Waals surface area contributed by atoms with E-state index in [0.717, 1.165) is 120 Å². The van der Waals surface area contributed by atoms with Crippen LogP contribution in [0.15, 0.2) is 14.9 Å². The van der Waals surface area contributed by atoms with Gasteiger partial charge in [0.15, 0.2) is 6.10 Å². The van der Waals surface area contributed by atoms with Crippen LogP contribution in [-0.2, 0) is 44.7 Å². The number of carbonyl (C=O) groups excluding carboxylic acids is 2. The van der Waals surface area contributed by atoms with Gasteiger partial charge in [0.2, 0.25) is 0 Å². The highest BCUT2D eigenvalue weighted by atomic mass is 16.6. The Balaban J connectivity index is 1.44. The summed E-state index contributed by atoms with van der Waals surface area (Å²) in [5.74, 6) is 3.94. The van der Waals surface area contributed by atoms with E-state index in [1.165, 1.54) is 61.0 Å². The standard InChI is InChI=1S/C42H70O7/c1-6-8-18-24-36-30-33(3)38(47-36)25-20-14-10-12-16-22-28-41(44)46-32-37(31-43)48-42(45)29-23-17-13-11-15-21-27-40-35(5)34(4)39(49-40)26-19-9-7-2/h30,37,43H,6-29,31-32H2,1-5H3/t37-/m0/s1. The summed E-state index contributed by atoms with van der Waals surface area (Å²) in [4.78, 5) is 24.4. The molecule has 0 bridgehead atoms. The number of furan rings is 2. The zero-order chi connectivity index (χ0) is 35.7. The normalized spacial score (nSPS) is 12.0. The number of carbonyl (C=O) groups is 2. The van der Waals surface area contributed by atoms with Gasteiger partial charge in [-0.05, 0) is 82.1 Å². The van der Waals surface area contributed by atoms with Crippen molar-refractivity contribution in [2.24, 2.45) is 0 Å². The van der Waals surface area contributed by atoms with Crippen LogP contribution in [0, 0.1) is 20.8 Å². The molecule has 0 aliphatic heterocycles. The molecule has 0 aliphatic rings. The second-order valence-corrected chi connectivity index (χ2v) is 14.2. The first-order chi connectivity index (χ1) is 23.8. The van der Waals surface area contributed by atoms with Crippen LogP contribution in [0.5, 0.6) is 0 Å². The summed E-state index contributed by atoms with van der Waals surface area (Å²) in [6.07, 6.45) is 23.8. The van der Waals surface area contributed by atoms with Crippen LogP contribution in [0.2, 0.25) is 0 Å². The maximum atomic E-state index is 12.3. The topological polar surface area (TPSA) is 99.1 Å². The Morgan fingerprint density at radius 3 is 1.63 bits per heavy atom. The van der Waals surface area contributed by atoms with Crippen molar-refractivity contribution >= 4 is 11.9 Å². The minimum absolute atomic E-state index is 0.0948. The summed E-state index contributed by atoms with van der Waals surface area (Å²) in [5, 5.41) is 9.61. The molecule has 280 valence electrons. The summed E-state index contributed by atoms with van der Waals surface area (Å²) in [7, 11) is 0. The molecule has 2 heterocycles. The third-order valence-electron chi connectivity index (χ3n) is 9.75. The van der Waals surface area contributed by atoms with E-state index in [4.69, 9.17) is 18.3 Å². The molecule has 2 aromatic heterocycles. The van der Waals surface area contributed by atoms with Crippen molar-refractivity contribution in [3.8, 4) is 0 Å². The molecule has 0 saturated heterocycles. The van der Waals surface area contributed by atoms with E-state index in [1.54, 1.807) is 0 Å². The fraction of sp³-hybridized carbons (Fsp3) is 0.762. The van der Waals surface area contributed by atoms with Crippen molar-refractivity contribution in [3.05, 3.63) is 45.8 Å². The first-order valence-corrected chi connectivity index (χ1v) is 19.9. The van der Waals surface area contributed by atoms with Crippen molar-refractivity contribution in [2.45, 2.75) is 195 Å². The smallest absolute Gasteiger partial charge is 0.306 e. The number of aryl methyl sites for hydroxylation is 5. The Hall–Kier alpha value is -2.54. The summed E-state index contributed by atoms with van der Waals surface area (Å²) in [6.45, 7) is 10.5. The van der Waals surface area contributed by atoms with Crippen LogP contribution >= 0.6 is 0 Å². The van der Waals surface area contributed by atoms with Gasteiger partial charge in [0.25, 0.3) is 0 Å². The fourth-order valence-corrected chi connectivity index (χ4v) is 6.39. The third-order valence-corrected chi connectivity index (χ3v) is 9.75. The van der Waals surface area contributed by atoms with Crippen molar-refractivity contribution in [1.29, 1.82) is 0 Å². The van der Waals surface area contributed by atoms with E-state index < -0.39 is 6.10 Å². The summed E-state index contributed by atoms with van der Waals surface area (Å²) >= 11 is 0. The molecule has 2 rings (SSSR count). The highest BCUT2D eigenvalue weighted by Gasteiger charge is 2.16. The number of unbranched alkanes of at least 4 members (excludes halogenated alkanes) is 14. The second kappa shape index (κ2) is 26.3. The van der Waals surface area contributed by atoms with Gasteiger partial charge >= 0.3 is 11.9 Å². The molecule has 7 heteroatoms. The van der Waals surface area contributed by atoms with Gasteiger partial charge in [-0.1, -0.05) is 90.9 Å². The Labute approximate surface area is 298 Å². The van der Waals surface area contributed by atoms with Crippen LogP contribution in [0.3, 0.4) is 0 Å². The molecule has 0 aliphatic carbocycles. The highest BCUT2D eigenvalue weighted by molar-refractivity contribution is 5.70. The molecule has 0 amide bonds. The number of aliphatic hydroxyl groups excluding tert-OH is 1. The van der Waals surface area contributed by atoms with E-state index in [0.29, 0.717) is 12.8 Å². The number of hydrogen-bond acceptors (Lipinski definition) is 7. The zero-order valence-corrected chi connectivity index (χ0v) is 31.9. The highest BCUT2D eigenvalue weighted by Crippen LogP contribution is 2.25. The van der Waals surface area contributed by atoms with Crippen LogP contribution < -0.4 is 0 Å². The van der Waals surface area contributed by atoms with E-state index in [-0.39, 0.29) is 25.2 Å². The number of ether oxygens (including phenoxy) is 2. The summed E-state index contributed by atoms with van der Waals surface area (Å²) < 4.78 is 22.9. The molecule has 1 atom stereocenters. The molecule has 49 heavy (non-hydrogen) atoms. The Morgan fingerprint density at radius 2 is 1.08 bits per heavy atom. The molecule has 7 nitrogen and oxygen atoms in total. The Morgan fingerprint density at radius 1 is 0.612 bits per heavy atom. The Bertz CT molecular complexity index is 1160. The SMILES string of the molecule is CCCCCc1cc(C)c(CCCCCCCCC(=O)OC[C@H](CO)OC(=O)CCCCCCCCc2oc(CCCCC)c(C)c2C)o1. The van der Waals surface area contributed by atoms with E-state index in [1.807, 2.05) is 0 Å². The lowest BCUT2D eigenvalue weighted by Crippen LogP contribution is -2.28. The first-order valence-electron chi connectivity index (χ1n) is 19.9. The molecule has 0 aromatic carbocycles. The van der Waals surface area contributed by atoms with E-state index in [2.05, 4.69) is 40.7 Å². The molecule has 0 unspecified atom stereocenters. The zero-order valence-electron chi connectivity index (χ0n) is 31.9. The van der Waals surface area contributed by atoms with Gasteiger partial charge in [0, 0.05) is 38.5 Å². The predicted octanol–water partition coefficient (Wildman–Crippen LogP) is 11.0. The molecule has 0 radical (unpaired) electrons. The molecular weight excluding hydrogens is 616 g/mol. The maximum Gasteiger partial charge on any atom is 0.306 e. The number of rotatable bonds is 30. The Kier molecular flexibility index (Phi) is 22.9. The van der Waals surface area contributed by atoms with Crippen molar-refractivity contribution in [1.82, 2.24) is 0 Å². The summed E-state index contributed by atoms with van der Waals surface area (Å²) in [6, 6.07) is 2.20.